The molecule has 1 saturated heterocycles. The SMILES string of the molecule is C=Cc1ccn(Cc2ccc(/C(N)=N/OC3CCNC3)cc2)c1/C=C\CCCC. The lowest BCUT2D eigenvalue weighted by atomic mass is 10.1. The van der Waals surface area contributed by atoms with Crippen LogP contribution in [0, 0.1) is 0 Å². The van der Waals surface area contributed by atoms with E-state index in [0.717, 1.165) is 43.6 Å². The monoisotopic (exact) mass is 392 g/mol. The van der Waals surface area contributed by atoms with Crippen molar-refractivity contribution in [2.75, 3.05) is 13.1 Å². The second-order valence-electron chi connectivity index (χ2n) is 7.43. The second-order valence-corrected chi connectivity index (χ2v) is 7.43. The third kappa shape index (κ3) is 5.84. The maximum atomic E-state index is 6.08. The first-order valence-corrected chi connectivity index (χ1v) is 10.5. The molecule has 5 heteroatoms. The Bertz CT molecular complexity index is 842. The Morgan fingerprint density at radius 3 is 2.86 bits per heavy atom. The van der Waals surface area contributed by atoms with Gasteiger partial charge in [-0.25, -0.2) is 0 Å². The molecule has 0 bridgehead atoms. The first-order valence-electron chi connectivity index (χ1n) is 10.5. The van der Waals surface area contributed by atoms with Crippen LogP contribution in [0.15, 0.2) is 54.3 Å². The molecular weight excluding hydrogens is 360 g/mol. The number of amidine groups is 1. The van der Waals surface area contributed by atoms with Gasteiger partial charge in [0.15, 0.2) is 5.84 Å². The summed E-state index contributed by atoms with van der Waals surface area (Å²) in [7, 11) is 0. The number of nitrogens with one attached hydrogen (secondary N) is 1. The van der Waals surface area contributed by atoms with Gasteiger partial charge in [0, 0.05) is 37.0 Å². The summed E-state index contributed by atoms with van der Waals surface area (Å²) in [5.74, 6) is 0.415. The van der Waals surface area contributed by atoms with Crippen molar-refractivity contribution in [3.63, 3.8) is 0 Å². The standard InChI is InChI=1S/C24H32N4O/c1-3-5-6-7-8-23-20(4-2)14-16-28(23)18-19-9-11-21(12-10-19)24(25)27-29-22-13-15-26-17-22/h4,7-12,14,16,22,26H,2-3,5-6,13,15,17-18H2,1H3,(H2,25,27)/b8-7-. The summed E-state index contributed by atoms with van der Waals surface area (Å²) in [5.41, 5.74) is 10.5. The Morgan fingerprint density at radius 2 is 2.17 bits per heavy atom. The highest BCUT2D eigenvalue weighted by molar-refractivity contribution is 5.97. The normalized spacial score (nSPS) is 17.1. The van der Waals surface area contributed by atoms with Crippen LogP contribution < -0.4 is 11.1 Å². The third-order valence-corrected chi connectivity index (χ3v) is 5.18. The summed E-state index contributed by atoms with van der Waals surface area (Å²) >= 11 is 0. The number of allylic oxidation sites excluding steroid dienone is 1. The molecule has 1 aliphatic rings. The largest absolute Gasteiger partial charge is 0.389 e. The average Bonchev–Trinajstić information content (AvgIpc) is 3.40. The maximum Gasteiger partial charge on any atom is 0.170 e. The van der Waals surface area contributed by atoms with Gasteiger partial charge in [-0.2, -0.15) is 0 Å². The van der Waals surface area contributed by atoms with Crippen LogP contribution in [0.3, 0.4) is 0 Å². The number of hydrogen-bond acceptors (Lipinski definition) is 3. The zero-order valence-corrected chi connectivity index (χ0v) is 17.3. The quantitative estimate of drug-likeness (QED) is 0.273. The molecule has 5 nitrogen and oxygen atoms in total. The van der Waals surface area contributed by atoms with Crippen LogP contribution in [-0.2, 0) is 11.4 Å². The first-order chi connectivity index (χ1) is 14.2. The molecule has 1 aromatic carbocycles. The van der Waals surface area contributed by atoms with E-state index in [1.165, 1.54) is 24.1 Å². The number of oxime groups is 1. The van der Waals surface area contributed by atoms with E-state index < -0.39 is 0 Å². The van der Waals surface area contributed by atoms with E-state index in [2.05, 4.69) is 65.1 Å². The molecule has 0 radical (unpaired) electrons. The van der Waals surface area contributed by atoms with Crippen molar-refractivity contribution in [2.24, 2.45) is 10.9 Å². The minimum absolute atomic E-state index is 0.115. The first kappa shape index (κ1) is 20.9. The van der Waals surface area contributed by atoms with Gasteiger partial charge in [-0.05, 0) is 36.2 Å². The van der Waals surface area contributed by atoms with E-state index in [-0.39, 0.29) is 6.10 Å². The van der Waals surface area contributed by atoms with E-state index in [4.69, 9.17) is 10.6 Å². The number of rotatable bonds is 10. The molecule has 1 atom stereocenters. The summed E-state index contributed by atoms with van der Waals surface area (Å²) in [5, 5.41) is 7.34. The van der Waals surface area contributed by atoms with Crippen molar-refractivity contribution in [2.45, 2.75) is 45.3 Å². The van der Waals surface area contributed by atoms with Gasteiger partial charge in [0.05, 0.1) is 0 Å². The van der Waals surface area contributed by atoms with Crippen LogP contribution >= 0.6 is 0 Å². The van der Waals surface area contributed by atoms with E-state index in [1.54, 1.807) is 0 Å². The van der Waals surface area contributed by atoms with Gasteiger partial charge < -0.3 is 20.5 Å². The molecule has 2 heterocycles. The van der Waals surface area contributed by atoms with E-state index in [9.17, 15) is 0 Å². The Balaban J connectivity index is 1.66. The Labute approximate surface area is 173 Å². The van der Waals surface area contributed by atoms with Crippen molar-refractivity contribution >= 4 is 18.0 Å². The van der Waals surface area contributed by atoms with E-state index >= 15 is 0 Å². The molecule has 2 aromatic rings. The van der Waals surface area contributed by atoms with Crippen LogP contribution in [0.2, 0.25) is 0 Å². The fourth-order valence-electron chi connectivity index (χ4n) is 3.40. The Morgan fingerprint density at radius 1 is 1.34 bits per heavy atom. The molecule has 154 valence electrons. The van der Waals surface area contributed by atoms with Crippen molar-refractivity contribution in [3.8, 4) is 0 Å². The lowest BCUT2D eigenvalue weighted by molar-refractivity contribution is 0.0734. The van der Waals surface area contributed by atoms with Crippen LogP contribution in [0.4, 0.5) is 0 Å². The highest BCUT2D eigenvalue weighted by Crippen LogP contribution is 2.18. The van der Waals surface area contributed by atoms with Gasteiger partial charge in [0.25, 0.3) is 0 Å². The molecule has 3 rings (SSSR count). The molecule has 0 aliphatic carbocycles. The summed E-state index contributed by atoms with van der Waals surface area (Å²) in [6, 6.07) is 10.3. The number of nitrogens with zero attached hydrogens (tertiary/aromatic N) is 2. The van der Waals surface area contributed by atoms with Crippen LogP contribution in [0.5, 0.6) is 0 Å². The van der Waals surface area contributed by atoms with Crippen molar-refractivity contribution in [3.05, 3.63) is 71.6 Å². The highest BCUT2D eigenvalue weighted by atomic mass is 16.6. The number of benzene rings is 1. The summed E-state index contributed by atoms with van der Waals surface area (Å²) < 4.78 is 2.25. The van der Waals surface area contributed by atoms with Crippen LogP contribution in [0.1, 0.15) is 55.0 Å². The molecule has 1 fully saturated rings. The Kier molecular flexibility index (Phi) is 7.70. The second kappa shape index (κ2) is 10.7. The average molecular weight is 393 g/mol. The van der Waals surface area contributed by atoms with Gasteiger partial charge in [-0.15, -0.1) is 0 Å². The maximum absolute atomic E-state index is 6.08. The van der Waals surface area contributed by atoms with Gasteiger partial charge >= 0.3 is 0 Å². The predicted molar refractivity (Wildman–Crippen MR) is 122 cm³/mol. The third-order valence-electron chi connectivity index (χ3n) is 5.18. The predicted octanol–water partition coefficient (Wildman–Crippen LogP) is 4.38. The van der Waals surface area contributed by atoms with Crippen molar-refractivity contribution in [1.82, 2.24) is 9.88 Å². The zero-order valence-electron chi connectivity index (χ0n) is 17.3. The Hall–Kier alpha value is -2.79. The van der Waals surface area contributed by atoms with Crippen molar-refractivity contribution in [1.29, 1.82) is 0 Å². The minimum Gasteiger partial charge on any atom is -0.389 e. The fourth-order valence-corrected chi connectivity index (χ4v) is 3.40. The molecule has 1 aliphatic heterocycles. The van der Waals surface area contributed by atoms with E-state index in [0.29, 0.717) is 5.84 Å². The zero-order chi connectivity index (χ0) is 20.5. The number of aromatic nitrogens is 1. The molecule has 0 amide bonds. The number of nitrogens with two attached hydrogens (primary N) is 1. The molecule has 1 unspecified atom stereocenters. The smallest absolute Gasteiger partial charge is 0.170 e. The van der Waals surface area contributed by atoms with Crippen molar-refractivity contribution < 1.29 is 4.84 Å². The van der Waals surface area contributed by atoms with Crippen LogP contribution in [-0.4, -0.2) is 29.6 Å². The van der Waals surface area contributed by atoms with Gasteiger partial charge in [0.2, 0.25) is 0 Å². The molecule has 0 saturated carbocycles. The molecule has 29 heavy (non-hydrogen) atoms. The van der Waals surface area contributed by atoms with Crippen LogP contribution in [0.25, 0.3) is 12.2 Å². The van der Waals surface area contributed by atoms with Gasteiger partial charge in [-0.1, -0.05) is 67.9 Å². The number of unbranched alkanes of at least 4 members (excludes halogenated alkanes) is 2. The highest BCUT2D eigenvalue weighted by Gasteiger charge is 2.15. The van der Waals surface area contributed by atoms with E-state index in [1.807, 2.05) is 18.2 Å². The summed E-state index contributed by atoms with van der Waals surface area (Å²) in [4.78, 5) is 5.51. The molecule has 3 N–H and O–H groups in total. The number of hydrogen-bond donors (Lipinski definition) is 2. The lowest BCUT2D eigenvalue weighted by Crippen LogP contribution is -2.19. The minimum atomic E-state index is 0.115. The lowest BCUT2D eigenvalue weighted by Gasteiger charge is -2.10. The summed E-state index contributed by atoms with van der Waals surface area (Å²) in [6.07, 6.45) is 13.1. The van der Waals surface area contributed by atoms with Gasteiger partial charge in [0.1, 0.15) is 6.10 Å². The molecule has 1 aromatic heterocycles. The summed E-state index contributed by atoms with van der Waals surface area (Å²) in [6.45, 7) is 8.75. The fraction of sp³-hybridized carbons (Fsp3) is 0.375. The topological polar surface area (TPSA) is 64.6 Å². The van der Waals surface area contributed by atoms with Gasteiger partial charge in [-0.3, -0.25) is 0 Å². The molecular formula is C24H32N4O. The molecule has 0 spiro atoms.